The van der Waals surface area contributed by atoms with E-state index in [0.717, 1.165) is 12.8 Å². The van der Waals surface area contributed by atoms with Crippen molar-refractivity contribution in [3.63, 3.8) is 0 Å². The lowest BCUT2D eigenvalue weighted by atomic mass is 10.2. The van der Waals surface area contributed by atoms with E-state index in [1.54, 1.807) is 12.1 Å². The van der Waals surface area contributed by atoms with Crippen LogP contribution in [0.2, 0.25) is 0 Å². The predicted molar refractivity (Wildman–Crippen MR) is 72.1 cm³/mol. The molecule has 0 atom stereocenters. The molecule has 2 amide bonds. The maximum absolute atomic E-state index is 11.7. The van der Waals surface area contributed by atoms with E-state index in [4.69, 9.17) is 0 Å². The van der Waals surface area contributed by atoms with Gasteiger partial charge in [0.25, 0.3) is 0 Å². The van der Waals surface area contributed by atoms with Crippen LogP contribution < -0.4 is 10.6 Å². The van der Waals surface area contributed by atoms with Gasteiger partial charge in [-0.05, 0) is 24.3 Å². The predicted octanol–water partition coefficient (Wildman–Crippen LogP) is 1.11. The minimum atomic E-state index is -0.268. The van der Waals surface area contributed by atoms with Crippen molar-refractivity contribution < 1.29 is 14.4 Å². The van der Waals surface area contributed by atoms with E-state index in [1.165, 1.54) is 11.3 Å². The highest BCUT2D eigenvalue weighted by Crippen LogP contribution is 2.18. The molecule has 1 fully saturated rings. The average molecular weight is 280 g/mol. The van der Waals surface area contributed by atoms with E-state index in [9.17, 15) is 14.4 Å². The molecule has 0 aliphatic heterocycles. The summed E-state index contributed by atoms with van der Waals surface area (Å²) in [5.74, 6) is -0.469. The third kappa shape index (κ3) is 4.82. The first kappa shape index (κ1) is 13.7. The molecule has 0 bridgehead atoms. The Morgan fingerprint density at radius 3 is 2.63 bits per heavy atom. The summed E-state index contributed by atoms with van der Waals surface area (Å²) < 4.78 is 0. The van der Waals surface area contributed by atoms with Gasteiger partial charge in [0.2, 0.25) is 11.8 Å². The zero-order valence-corrected chi connectivity index (χ0v) is 11.3. The van der Waals surface area contributed by atoms with Gasteiger partial charge in [-0.1, -0.05) is 6.07 Å². The molecule has 1 aromatic rings. The molecule has 5 nitrogen and oxygen atoms in total. The maximum atomic E-state index is 11.7. The quantitative estimate of drug-likeness (QED) is 0.735. The summed E-state index contributed by atoms with van der Waals surface area (Å²) in [7, 11) is 0. The molecule has 1 aliphatic rings. The highest BCUT2D eigenvalue weighted by Gasteiger charge is 2.23. The second kappa shape index (κ2) is 6.47. The van der Waals surface area contributed by atoms with Crippen molar-refractivity contribution in [3.05, 3.63) is 22.4 Å². The number of nitrogens with one attached hydrogen (secondary N) is 2. The fraction of sp³-hybridized carbons (Fsp3) is 0.462. The number of hydrogen-bond donors (Lipinski definition) is 2. The smallest absolute Gasteiger partial charge is 0.239 e. The molecular weight excluding hydrogens is 264 g/mol. The molecule has 0 unspecified atom stereocenters. The molecule has 2 rings (SSSR count). The number of Topliss-reactive ketones (excluding diaryl/α,β-unsaturated/α-hetero) is 1. The second-order valence-corrected chi connectivity index (χ2v) is 5.47. The fourth-order valence-corrected chi connectivity index (χ4v) is 2.26. The number of hydrogen-bond acceptors (Lipinski definition) is 4. The summed E-state index contributed by atoms with van der Waals surface area (Å²) in [5.41, 5.74) is 0. The molecule has 0 aromatic carbocycles. The highest BCUT2D eigenvalue weighted by atomic mass is 32.1. The van der Waals surface area contributed by atoms with E-state index in [1.807, 2.05) is 5.38 Å². The van der Waals surface area contributed by atoms with Gasteiger partial charge in [0.15, 0.2) is 5.78 Å². The van der Waals surface area contributed by atoms with Crippen LogP contribution in [0.5, 0.6) is 0 Å². The van der Waals surface area contributed by atoms with Crippen LogP contribution in [0.1, 0.15) is 35.4 Å². The molecule has 1 aromatic heterocycles. The molecule has 0 radical (unpaired) electrons. The Labute approximate surface area is 115 Å². The second-order valence-electron chi connectivity index (χ2n) is 4.52. The minimum absolute atomic E-state index is 0.0114. The Morgan fingerprint density at radius 2 is 2.00 bits per heavy atom. The third-order valence-electron chi connectivity index (χ3n) is 2.76. The summed E-state index contributed by atoms with van der Waals surface area (Å²) >= 11 is 1.37. The number of thiophene rings is 1. The lowest BCUT2D eigenvalue weighted by Gasteiger charge is -2.05. The van der Waals surface area contributed by atoms with E-state index < -0.39 is 0 Å². The van der Waals surface area contributed by atoms with Crippen LogP contribution >= 0.6 is 11.3 Å². The Morgan fingerprint density at radius 1 is 1.21 bits per heavy atom. The standard InChI is InChI=1S/C13H16N2O3S/c16-10(11-2-1-7-19-11)5-6-12(17)14-8-13(18)15-9-3-4-9/h1-2,7,9H,3-6,8H2,(H,14,17)(H,15,18). The van der Waals surface area contributed by atoms with E-state index in [-0.39, 0.29) is 37.0 Å². The number of carbonyl (C=O) groups is 3. The lowest BCUT2D eigenvalue weighted by Crippen LogP contribution is -2.37. The largest absolute Gasteiger partial charge is 0.352 e. The maximum Gasteiger partial charge on any atom is 0.239 e. The summed E-state index contributed by atoms with van der Waals surface area (Å²) in [6.45, 7) is -0.0114. The van der Waals surface area contributed by atoms with E-state index >= 15 is 0 Å². The van der Waals surface area contributed by atoms with Crippen LogP contribution in [0.25, 0.3) is 0 Å². The van der Waals surface area contributed by atoms with Gasteiger partial charge in [0.05, 0.1) is 11.4 Å². The number of carbonyl (C=O) groups excluding carboxylic acids is 3. The minimum Gasteiger partial charge on any atom is -0.352 e. The van der Waals surface area contributed by atoms with Crippen LogP contribution in [-0.2, 0) is 9.59 Å². The van der Waals surface area contributed by atoms with E-state index in [2.05, 4.69) is 10.6 Å². The van der Waals surface area contributed by atoms with Gasteiger partial charge in [-0.2, -0.15) is 0 Å². The first-order valence-electron chi connectivity index (χ1n) is 6.28. The van der Waals surface area contributed by atoms with Gasteiger partial charge in [-0.25, -0.2) is 0 Å². The Bertz CT molecular complexity index is 466. The number of amides is 2. The monoisotopic (exact) mass is 280 g/mol. The van der Waals surface area contributed by atoms with Gasteiger partial charge in [-0.3, -0.25) is 14.4 Å². The van der Waals surface area contributed by atoms with E-state index in [0.29, 0.717) is 10.9 Å². The van der Waals surface area contributed by atoms with Crippen molar-refractivity contribution in [1.29, 1.82) is 0 Å². The summed E-state index contributed by atoms with van der Waals surface area (Å²) in [6, 6.07) is 3.85. The van der Waals surface area contributed by atoms with Crippen LogP contribution in [0.4, 0.5) is 0 Å². The van der Waals surface area contributed by atoms with Gasteiger partial charge in [-0.15, -0.1) is 11.3 Å². The molecular formula is C13H16N2O3S. The fourth-order valence-electron chi connectivity index (χ4n) is 1.56. The molecule has 6 heteroatoms. The molecule has 19 heavy (non-hydrogen) atoms. The number of rotatable bonds is 7. The van der Waals surface area contributed by atoms with Crippen molar-refractivity contribution in [2.24, 2.45) is 0 Å². The molecule has 1 saturated carbocycles. The molecule has 1 aliphatic carbocycles. The Kier molecular flexibility index (Phi) is 4.68. The Balaban J connectivity index is 1.61. The SMILES string of the molecule is O=C(CCC(=O)c1cccs1)NCC(=O)NC1CC1. The van der Waals surface area contributed by atoms with Crippen molar-refractivity contribution >= 4 is 28.9 Å². The molecule has 1 heterocycles. The summed E-state index contributed by atoms with van der Waals surface area (Å²) in [4.78, 5) is 35.1. The van der Waals surface area contributed by atoms with Gasteiger partial charge >= 0.3 is 0 Å². The first-order chi connectivity index (χ1) is 9.15. The third-order valence-corrected chi connectivity index (χ3v) is 3.67. The average Bonchev–Trinajstić information content (AvgIpc) is 3.03. The van der Waals surface area contributed by atoms with Crippen LogP contribution in [0.15, 0.2) is 17.5 Å². The van der Waals surface area contributed by atoms with Crippen LogP contribution in [-0.4, -0.2) is 30.2 Å². The van der Waals surface area contributed by atoms with Gasteiger partial charge in [0.1, 0.15) is 0 Å². The molecule has 0 saturated heterocycles. The number of ketones is 1. The van der Waals surface area contributed by atoms with Crippen molar-refractivity contribution in [3.8, 4) is 0 Å². The zero-order chi connectivity index (χ0) is 13.7. The highest BCUT2D eigenvalue weighted by molar-refractivity contribution is 7.12. The first-order valence-corrected chi connectivity index (χ1v) is 7.16. The molecule has 2 N–H and O–H groups in total. The van der Waals surface area contributed by atoms with Crippen molar-refractivity contribution in [1.82, 2.24) is 10.6 Å². The van der Waals surface area contributed by atoms with Gasteiger partial charge in [0, 0.05) is 18.9 Å². The van der Waals surface area contributed by atoms with Gasteiger partial charge < -0.3 is 10.6 Å². The van der Waals surface area contributed by atoms with Crippen molar-refractivity contribution in [2.45, 2.75) is 31.7 Å². The Hall–Kier alpha value is -1.69. The zero-order valence-electron chi connectivity index (χ0n) is 10.5. The lowest BCUT2D eigenvalue weighted by molar-refractivity contribution is -0.126. The molecule has 0 spiro atoms. The normalized spacial score (nSPS) is 13.9. The topological polar surface area (TPSA) is 75.3 Å². The van der Waals surface area contributed by atoms with Crippen LogP contribution in [0.3, 0.4) is 0 Å². The molecule has 102 valence electrons. The summed E-state index contributed by atoms with van der Waals surface area (Å²) in [6.07, 6.45) is 2.34. The van der Waals surface area contributed by atoms with Crippen LogP contribution in [0, 0.1) is 0 Å². The van der Waals surface area contributed by atoms with Crippen molar-refractivity contribution in [2.75, 3.05) is 6.54 Å². The summed E-state index contributed by atoms with van der Waals surface area (Å²) in [5, 5.41) is 7.12.